The highest BCUT2D eigenvalue weighted by molar-refractivity contribution is 7.99. The molecule has 0 N–H and O–H groups in total. The number of benzene rings is 2. The monoisotopic (exact) mass is 431 g/mol. The highest BCUT2D eigenvalue weighted by Gasteiger charge is 2.23. The summed E-state index contributed by atoms with van der Waals surface area (Å²) in [5.74, 6) is 0.734. The lowest BCUT2D eigenvalue weighted by Gasteiger charge is -2.28. The van der Waals surface area contributed by atoms with E-state index in [-0.39, 0.29) is 5.69 Å². The van der Waals surface area contributed by atoms with Crippen LogP contribution >= 0.6 is 23.4 Å². The molecule has 0 aliphatic carbocycles. The molecule has 0 radical (unpaired) electrons. The normalized spacial score (nSPS) is 14.2. The first kappa shape index (κ1) is 19.7. The maximum Gasteiger partial charge on any atom is 0.270 e. The van der Waals surface area contributed by atoms with Crippen molar-refractivity contribution in [1.29, 1.82) is 0 Å². The van der Waals surface area contributed by atoms with E-state index in [9.17, 15) is 10.1 Å². The summed E-state index contributed by atoms with van der Waals surface area (Å²) in [6.07, 6.45) is 0. The number of nitro groups is 1. The van der Waals surface area contributed by atoms with Crippen LogP contribution in [0.5, 0.6) is 0 Å². The first-order valence-electron chi connectivity index (χ1n) is 9.00. The number of non-ortho nitro benzene ring substituents is 1. The molecule has 0 spiro atoms. The standard InChI is InChI=1S/C19H18ClN5O3S/c1-13-2-4-14(5-3-13)24-18(23-8-10-28-11-9-23)21-22-19(24)29-17-7-6-15(25(26)27)12-16(17)20/h2-7,12H,8-11H2,1H3. The number of morpholine rings is 1. The summed E-state index contributed by atoms with van der Waals surface area (Å²) in [5.41, 5.74) is 2.04. The molecule has 2 aromatic carbocycles. The van der Waals surface area contributed by atoms with Gasteiger partial charge in [-0.2, -0.15) is 0 Å². The molecule has 0 atom stereocenters. The summed E-state index contributed by atoms with van der Waals surface area (Å²) in [7, 11) is 0. The molecule has 1 aliphatic heterocycles. The topological polar surface area (TPSA) is 86.3 Å². The van der Waals surface area contributed by atoms with Crippen molar-refractivity contribution in [3.8, 4) is 5.69 Å². The van der Waals surface area contributed by atoms with Gasteiger partial charge in [0.25, 0.3) is 5.69 Å². The third-order valence-corrected chi connectivity index (χ3v) is 5.98. The van der Waals surface area contributed by atoms with E-state index in [1.165, 1.54) is 23.9 Å². The Morgan fingerprint density at radius 3 is 2.52 bits per heavy atom. The van der Waals surface area contributed by atoms with E-state index < -0.39 is 4.92 Å². The van der Waals surface area contributed by atoms with E-state index >= 15 is 0 Å². The highest BCUT2D eigenvalue weighted by atomic mass is 35.5. The van der Waals surface area contributed by atoms with Gasteiger partial charge in [-0.25, -0.2) is 0 Å². The maximum absolute atomic E-state index is 11.0. The smallest absolute Gasteiger partial charge is 0.270 e. The second-order valence-electron chi connectivity index (χ2n) is 6.53. The zero-order chi connectivity index (χ0) is 20.4. The molecule has 2 heterocycles. The van der Waals surface area contributed by atoms with Crippen LogP contribution in [0.3, 0.4) is 0 Å². The van der Waals surface area contributed by atoms with Gasteiger partial charge >= 0.3 is 0 Å². The highest BCUT2D eigenvalue weighted by Crippen LogP contribution is 2.37. The van der Waals surface area contributed by atoms with Crippen molar-refractivity contribution in [2.24, 2.45) is 0 Å². The zero-order valence-electron chi connectivity index (χ0n) is 15.6. The molecule has 0 amide bonds. The lowest BCUT2D eigenvalue weighted by atomic mass is 10.2. The molecule has 0 bridgehead atoms. The molecule has 4 rings (SSSR count). The lowest BCUT2D eigenvalue weighted by molar-refractivity contribution is -0.384. The van der Waals surface area contributed by atoms with Gasteiger partial charge in [0.2, 0.25) is 11.1 Å². The third-order valence-electron chi connectivity index (χ3n) is 4.53. The minimum absolute atomic E-state index is 0.0478. The minimum atomic E-state index is -0.467. The van der Waals surface area contributed by atoms with Gasteiger partial charge in [-0.1, -0.05) is 29.3 Å². The molecule has 1 fully saturated rings. The average molecular weight is 432 g/mol. The fourth-order valence-corrected chi connectivity index (χ4v) is 4.14. The number of anilines is 1. The number of hydrogen-bond donors (Lipinski definition) is 0. The molecular formula is C19H18ClN5O3S. The van der Waals surface area contributed by atoms with Gasteiger partial charge in [0.05, 0.1) is 28.8 Å². The number of aromatic nitrogens is 3. The van der Waals surface area contributed by atoms with E-state index in [0.717, 1.165) is 30.3 Å². The van der Waals surface area contributed by atoms with Crippen LogP contribution in [0.1, 0.15) is 5.56 Å². The Bertz CT molecular complexity index is 1030. The molecule has 8 nitrogen and oxygen atoms in total. The van der Waals surface area contributed by atoms with Crippen molar-refractivity contribution in [2.75, 3.05) is 31.2 Å². The second-order valence-corrected chi connectivity index (χ2v) is 7.94. The number of rotatable bonds is 5. The molecule has 3 aromatic rings. The quantitative estimate of drug-likeness (QED) is 0.443. The SMILES string of the molecule is Cc1ccc(-n2c(Sc3ccc([N+](=O)[O-])cc3Cl)nnc2N2CCOCC2)cc1. The van der Waals surface area contributed by atoms with Crippen LogP contribution in [0.4, 0.5) is 11.6 Å². The molecular weight excluding hydrogens is 414 g/mol. The minimum Gasteiger partial charge on any atom is -0.378 e. The maximum atomic E-state index is 11.0. The van der Waals surface area contributed by atoms with Crippen molar-refractivity contribution in [1.82, 2.24) is 14.8 Å². The van der Waals surface area contributed by atoms with Crippen molar-refractivity contribution < 1.29 is 9.66 Å². The predicted molar refractivity (Wildman–Crippen MR) is 111 cm³/mol. The van der Waals surface area contributed by atoms with Crippen LogP contribution in [0.25, 0.3) is 5.69 Å². The van der Waals surface area contributed by atoms with Crippen LogP contribution < -0.4 is 4.90 Å². The van der Waals surface area contributed by atoms with Crippen LogP contribution in [0.15, 0.2) is 52.5 Å². The Balaban J connectivity index is 1.74. The van der Waals surface area contributed by atoms with Gasteiger partial charge < -0.3 is 9.64 Å². The first-order chi connectivity index (χ1) is 14.0. The first-order valence-corrected chi connectivity index (χ1v) is 10.2. The fraction of sp³-hybridized carbons (Fsp3) is 0.263. The van der Waals surface area contributed by atoms with Gasteiger partial charge in [-0.3, -0.25) is 14.7 Å². The number of halogens is 1. The number of nitro benzene ring substituents is 1. The van der Waals surface area contributed by atoms with Gasteiger partial charge in [0.1, 0.15) is 0 Å². The van der Waals surface area contributed by atoms with Crippen molar-refractivity contribution in [2.45, 2.75) is 17.0 Å². The molecule has 1 aromatic heterocycles. The Labute approximate surface area is 176 Å². The van der Waals surface area contributed by atoms with E-state index in [4.69, 9.17) is 16.3 Å². The predicted octanol–water partition coefficient (Wildman–Crippen LogP) is 4.13. The summed E-state index contributed by atoms with van der Waals surface area (Å²) in [5, 5.41) is 20.7. The fourth-order valence-electron chi connectivity index (χ4n) is 3.00. The molecule has 1 saturated heterocycles. The van der Waals surface area contributed by atoms with E-state index in [0.29, 0.717) is 28.3 Å². The molecule has 150 valence electrons. The van der Waals surface area contributed by atoms with Crippen LogP contribution in [-0.2, 0) is 4.74 Å². The van der Waals surface area contributed by atoms with E-state index in [1.807, 2.05) is 35.8 Å². The second kappa shape index (κ2) is 8.40. The van der Waals surface area contributed by atoms with Gasteiger partial charge in [-0.05, 0) is 36.9 Å². The van der Waals surface area contributed by atoms with Crippen LogP contribution in [0, 0.1) is 17.0 Å². The van der Waals surface area contributed by atoms with E-state index in [1.54, 1.807) is 6.07 Å². The molecule has 0 saturated carbocycles. The van der Waals surface area contributed by atoms with Gasteiger partial charge in [-0.15, -0.1) is 10.2 Å². The molecule has 0 unspecified atom stereocenters. The number of aryl methyl sites for hydroxylation is 1. The molecule has 1 aliphatic rings. The van der Waals surface area contributed by atoms with Crippen LogP contribution in [-0.4, -0.2) is 46.0 Å². The Morgan fingerprint density at radius 1 is 1.14 bits per heavy atom. The summed E-state index contributed by atoms with van der Waals surface area (Å²) in [6.45, 7) is 4.76. The van der Waals surface area contributed by atoms with Crippen LogP contribution in [0.2, 0.25) is 5.02 Å². The summed E-state index contributed by atoms with van der Waals surface area (Å²) in [4.78, 5) is 13.3. The average Bonchev–Trinajstić information content (AvgIpc) is 3.14. The summed E-state index contributed by atoms with van der Waals surface area (Å²) in [6, 6.07) is 12.5. The van der Waals surface area contributed by atoms with Crippen molar-refractivity contribution >= 4 is 35.0 Å². The molecule has 29 heavy (non-hydrogen) atoms. The van der Waals surface area contributed by atoms with E-state index in [2.05, 4.69) is 15.1 Å². The summed E-state index contributed by atoms with van der Waals surface area (Å²) < 4.78 is 7.43. The lowest BCUT2D eigenvalue weighted by Crippen LogP contribution is -2.37. The number of hydrogen-bond acceptors (Lipinski definition) is 7. The Morgan fingerprint density at radius 2 is 1.86 bits per heavy atom. The zero-order valence-corrected chi connectivity index (χ0v) is 17.2. The van der Waals surface area contributed by atoms with Crippen molar-refractivity contribution in [3.63, 3.8) is 0 Å². The summed E-state index contributed by atoms with van der Waals surface area (Å²) >= 11 is 7.61. The Hall–Kier alpha value is -2.62. The van der Waals surface area contributed by atoms with Gasteiger partial charge in [0.15, 0.2) is 0 Å². The molecule has 10 heteroatoms. The number of nitrogens with zero attached hydrogens (tertiary/aromatic N) is 5. The van der Waals surface area contributed by atoms with Gasteiger partial charge in [0, 0.05) is 30.1 Å². The van der Waals surface area contributed by atoms with Crippen molar-refractivity contribution in [3.05, 3.63) is 63.2 Å². The third kappa shape index (κ3) is 4.21. The number of ether oxygens (including phenoxy) is 1. The largest absolute Gasteiger partial charge is 0.378 e. The Kier molecular flexibility index (Phi) is 5.70.